The fourth-order valence-corrected chi connectivity index (χ4v) is 3.74. The number of nitrogens with zero attached hydrogens (tertiary/aromatic N) is 1. The van der Waals surface area contributed by atoms with E-state index >= 15 is 0 Å². The maximum absolute atomic E-state index is 12.9. The van der Waals surface area contributed by atoms with Gasteiger partial charge in [0, 0.05) is 31.1 Å². The van der Waals surface area contributed by atoms with Gasteiger partial charge in [-0.1, -0.05) is 18.2 Å². The third-order valence-electron chi connectivity index (χ3n) is 5.34. The molecule has 3 atom stereocenters. The summed E-state index contributed by atoms with van der Waals surface area (Å²) in [6.45, 7) is 1.89. The van der Waals surface area contributed by atoms with E-state index in [1.165, 1.54) is 0 Å². The van der Waals surface area contributed by atoms with Crippen molar-refractivity contribution in [2.75, 3.05) is 6.54 Å². The van der Waals surface area contributed by atoms with Crippen LogP contribution < -0.4 is 16.4 Å². The lowest BCUT2D eigenvalue weighted by Gasteiger charge is -2.29. The maximum Gasteiger partial charge on any atom is 0.255 e. The molecule has 0 spiro atoms. The minimum absolute atomic E-state index is 0.120. The zero-order valence-electron chi connectivity index (χ0n) is 14.0. The van der Waals surface area contributed by atoms with Crippen LogP contribution >= 0.6 is 0 Å². The summed E-state index contributed by atoms with van der Waals surface area (Å²) in [7, 11) is 0. The van der Waals surface area contributed by atoms with Crippen LogP contribution in [0.15, 0.2) is 18.2 Å². The number of rotatable bonds is 5. The number of carbonyl (C=O) groups excluding carboxylic acids is 3. The number of benzene rings is 1. The zero-order valence-corrected chi connectivity index (χ0v) is 14.0. The van der Waals surface area contributed by atoms with Crippen molar-refractivity contribution in [3.05, 3.63) is 34.9 Å². The SMILES string of the molecule is NC1CC1CNCc1cccc2c1C(=O)N(C1CCC(=O)NC1=O)C2. The maximum atomic E-state index is 12.9. The van der Waals surface area contributed by atoms with Gasteiger partial charge in [0.2, 0.25) is 11.8 Å². The van der Waals surface area contributed by atoms with Gasteiger partial charge in [-0.25, -0.2) is 0 Å². The van der Waals surface area contributed by atoms with Crippen molar-refractivity contribution in [2.24, 2.45) is 11.7 Å². The predicted octanol–water partition coefficient (Wildman–Crippen LogP) is -0.116. The lowest BCUT2D eigenvalue weighted by atomic mass is 10.0. The molecule has 7 heteroatoms. The Morgan fingerprint density at radius 2 is 2.08 bits per heavy atom. The number of nitrogens with one attached hydrogen (secondary N) is 2. The Kier molecular flexibility index (Phi) is 4.05. The molecule has 3 unspecified atom stereocenters. The standard InChI is InChI=1S/C18H22N4O3/c19-13-6-12(13)8-20-7-10-2-1-3-11-9-22(18(25)16(10)11)14-4-5-15(23)21-17(14)24/h1-3,12-14,20H,4-9,19H2,(H,21,23,24). The van der Waals surface area contributed by atoms with Gasteiger partial charge in [0.05, 0.1) is 0 Å². The van der Waals surface area contributed by atoms with E-state index in [-0.39, 0.29) is 24.1 Å². The van der Waals surface area contributed by atoms with Crippen LogP contribution in [-0.2, 0) is 22.7 Å². The van der Waals surface area contributed by atoms with Gasteiger partial charge in [-0.2, -0.15) is 0 Å². The van der Waals surface area contributed by atoms with Gasteiger partial charge < -0.3 is 16.0 Å². The van der Waals surface area contributed by atoms with Gasteiger partial charge in [-0.15, -0.1) is 0 Å². The Morgan fingerprint density at radius 3 is 2.80 bits per heavy atom. The molecular formula is C18H22N4O3. The van der Waals surface area contributed by atoms with Crippen LogP contribution in [0, 0.1) is 5.92 Å². The Hall–Kier alpha value is -2.25. The summed E-state index contributed by atoms with van der Waals surface area (Å²) in [5, 5.41) is 5.71. The number of fused-ring (bicyclic) bond motifs is 1. The van der Waals surface area contributed by atoms with Crippen molar-refractivity contribution in [1.29, 1.82) is 0 Å². The summed E-state index contributed by atoms with van der Waals surface area (Å²) in [5.74, 6) is -0.231. The van der Waals surface area contributed by atoms with Crippen molar-refractivity contribution in [2.45, 2.75) is 44.4 Å². The quantitative estimate of drug-likeness (QED) is 0.648. The van der Waals surface area contributed by atoms with E-state index in [0.717, 1.165) is 24.1 Å². The highest BCUT2D eigenvalue weighted by atomic mass is 16.2. The highest BCUT2D eigenvalue weighted by molar-refractivity contribution is 6.05. The predicted molar refractivity (Wildman–Crippen MR) is 90.3 cm³/mol. The van der Waals surface area contributed by atoms with Crippen LogP contribution in [0.25, 0.3) is 0 Å². The van der Waals surface area contributed by atoms with Crippen LogP contribution in [-0.4, -0.2) is 41.2 Å². The summed E-state index contributed by atoms with van der Waals surface area (Å²) in [4.78, 5) is 38.0. The summed E-state index contributed by atoms with van der Waals surface area (Å²) >= 11 is 0. The van der Waals surface area contributed by atoms with Gasteiger partial charge in [-0.05, 0) is 36.4 Å². The fourth-order valence-electron chi connectivity index (χ4n) is 3.74. The average molecular weight is 342 g/mol. The second-order valence-electron chi connectivity index (χ2n) is 7.14. The lowest BCUT2D eigenvalue weighted by Crippen LogP contribution is -2.52. The molecule has 0 radical (unpaired) electrons. The van der Waals surface area contributed by atoms with Crippen molar-refractivity contribution >= 4 is 17.7 Å². The molecule has 0 bridgehead atoms. The molecule has 3 aliphatic rings. The summed E-state index contributed by atoms with van der Waals surface area (Å²) < 4.78 is 0. The molecule has 2 aliphatic heterocycles. The van der Waals surface area contributed by atoms with E-state index in [2.05, 4.69) is 10.6 Å². The number of carbonyl (C=O) groups is 3. The molecular weight excluding hydrogens is 320 g/mol. The first-order valence-electron chi connectivity index (χ1n) is 8.76. The van der Waals surface area contributed by atoms with Crippen LogP contribution in [0.4, 0.5) is 0 Å². The van der Waals surface area contributed by atoms with E-state index < -0.39 is 6.04 Å². The molecule has 1 aliphatic carbocycles. The molecule has 4 N–H and O–H groups in total. The fraction of sp³-hybridized carbons (Fsp3) is 0.500. The third kappa shape index (κ3) is 3.05. The number of piperidine rings is 1. The monoisotopic (exact) mass is 342 g/mol. The average Bonchev–Trinajstić information content (AvgIpc) is 3.17. The first-order valence-corrected chi connectivity index (χ1v) is 8.76. The van der Waals surface area contributed by atoms with Crippen molar-refractivity contribution in [3.63, 3.8) is 0 Å². The van der Waals surface area contributed by atoms with Crippen LogP contribution in [0.3, 0.4) is 0 Å². The van der Waals surface area contributed by atoms with Crippen molar-refractivity contribution < 1.29 is 14.4 Å². The smallest absolute Gasteiger partial charge is 0.255 e. The zero-order chi connectivity index (χ0) is 17.6. The van der Waals surface area contributed by atoms with Crippen molar-refractivity contribution in [1.82, 2.24) is 15.5 Å². The second kappa shape index (κ2) is 6.24. The van der Waals surface area contributed by atoms with Crippen LogP contribution in [0.2, 0.25) is 0 Å². The van der Waals surface area contributed by atoms with Crippen molar-refractivity contribution in [3.8, 4) is 0 Å². The number of nitrogens with two attached hydrogens (primary N) is 1. The second-order valence-corrected chi connectivity index (χ2v) is 7.14. The summed E-state index contributed by atoms with van der Waals surface area (Å²) in [5.41, 5.74) is 8.41. The summed E-state index contributed by atoms with van der Waals surface area (Å²) in [6.07, 6.45) is 1.71. The first kappa shape index (κ1) is 16.2. The molecule has 7 nitrogen and oxygen atoms in total. The summed E-state index contributed by atoms with van der Waals surface area (Å²) in [6, 6.07) is 5.56. The van der Waals surface area contributed by atoms with Crippen LogP contribution in [0.5, 0.6) is 0 Å². The van der Waals surface area contributed by atoms with E-state index in [4.69, 9.17) is 5.73 Å². The van der Waals surface area contributed by atoms with Gasteiger partial charge in [0.15, 0.2) is 0 Å². The van der Waals surface area contributed by atoms with E-state index in [1.807, 2.05) is 18.2 Å². The number of imide groups is 1. The topological polar surface area (TPSA) is 105 Å². The third-order valence-corrected chi connectivity index (χ3v) is 5.34. The molecule has 2 heterocycles. The molecule has 1 aromatic rings. The molecule has 0 aromatic heterocycles. The molecule has 1 saturated heterocycles. The van der Waals surface area contributed by atoms with E-state index in [1.54, 1.807) is 4.90 Å². The van der Waals surface area contributed by atoms with Gasteiger partial charge >= 0.3 is 0 Å². The number of hydrogen-bond donors (Lipinski definition) is 3. The molecule has 25 heavy (non-hydrogen) atoms. The largest absolute Gasteiger partial charge is 0.327 e. The molecule has 1 saturated carbocycles. The highest BCUT2D eigenvalue weighted by Crippen LogP contribution is 2.30. The van der Waals surface area contributed by atoms with E-state index in [0.29, 0.717) is 37.0 Å². The Morgan fingerprint density at radius 1 is 1.28 bits per heavy atom. The normalized spacial score (nSPS) is 28.1. The molecule has 4 rings (SSSR count). The van der Waals surface area contributed by atoms with Gasteiger partial charge in [0.25, 0.3) is 5.91 Å². The highest BCUT2D eigenvalue weighted by Gasteiger charge is 2.40. The molecule has 2 fully saturated rings. The minimum atomic E-state index is -0.567. The van der Waals surface area contributed by atoms with Crippen LogP contribution in [0.1, 0.15) is 40.7 Å². The lowest BCUT2D eigenvalue weighted by molar-refractivity contribution is -0.136. The van der Waals surface area contributed by atoms with Gasteiger partial charge in [-0.3, -0.25) is 19.7 Å². The van der Waals surface area contributed by atoms with E-state index in [9.17, 15) is 14.4 Å². The Bertz CT molecular complexity index is 748. The molecule has 132 valence electrons. The van der Waals surface area contributed by atoms with Gasteiger partial charge in [0.1, 0.15) is 6.04 Å². The molecule has 1 aromatic carbocycles. The molecule has 3 amide bonds. The minimum Gasteiger partial charge on any atom is -0.327 e. The number of hydrogen-bond acceptors (Lipinski definition) is 5. The Labute approximate surface area is 145 Å². The number of amides is 3. The first-order chi connectivity index (χ1) is 12.0. The Balaban J connectivity index is 1.48.